The van der Waals surface area contributed by atoms with Gasteiger partial charge in [0.05, 0.1) is 11.4 Å². The number of nitrogens with one attached hydrogen (secondary N) is 1. The molecule has 0 aliphatic rings. The van der Waals surface area contributed by atoms with Crippen molar-refractivity contribution in [3.05, 3.63) is 53.2 Å². The van der Waals surface area contributed by atoms with Gasteiger partial charge in [-0.15, -0.1) is 0 Å². The van der Waals surface area contributed by atoms with E-state index in [9.17, 15) is 12.8 Å². The number of benzene rings is 1. The fourth-order valence-electron chi connectivity index (χ4n) is 1.74. The van der Waals surface area contributed by atoms with Gasteiger partial charge < -0.3 is 4.42 Å². The zero-order valence-corrected chi connectivity index (χ0v) is 11.4. The number of rotatable bonds is 4. The molecule has 0 fully saturated rings. The lowest BCUT2D eigenvalue weighted by Crippen LogP contribution is -2.23. The van der Waals surface area contributed by atoms with Crippen molar-refractivity contribution in [3.63, 3.8) is 0 Å². The first kappa shape index (κ1) is 13.8. The summed E-state index contributed by atoms with van der Waals surface area (Å²) in [4.78, 5) is 0.0668. The second-order valence-corrected chi connectivity index (χ2v) is 5.98. The summed E-state index contributed by atoms with van der Waals surface area (Å²) in [5.74, 6) is 0.783. The third kappa shape index (κ3) is 3.21. The van der Waals surface area contributed by atoms with Gasteiger partial charge >= 0.3 is 0 Å². The molecule has 1 aromatic carbocycles. The van der Waals surface area contributed by atoms with Crippen molar-refractivity contribution < 1.29 is 17.2 Å². The first-order valence-corrected chi connectivity index (χ1v) is 7.18. The molecule has 0 unspecified atom stereocenters. The highest BCUT2D eigenvalue weighted by atomic mass is 32.2. The van der Waals surface area contributed by atoms with Gasteiger partial charge in [-0.3, -0.25) is 0 Å². The van der Waals surface area contributed by atoms with Crippen LogP contribution in [0.2, 0.25) is 0 Å². The monoisotopic (exact) mass is 283 g/mol. The topological polar surface area (TPSA) is 59.3 Å². The molecule has 6 heteroatoms. The minimum Gasteiger partial charge on any atom is -0.465 e. The second-order valence-electron chi connectivity index (χ2n) is 4.25. The lowest BCUT2D eigenvalue weighted by atomic mass is 10.2. The van der Waals surface area contributed by atoms with Crippen molar-refractivity contribution in [2.75, 3.05) is 0 Å². The van der Waals surface area contributed by atoms with Crippen LogP contribution in [0, 0.1) is 19.7 Å². The smallest absolute Gasteiger partial charge is 0.241 e. The van der Waals surface area contributed by atoms with E-state index in [0.29, 0.717) is 17.1 Å². The van der Waals surface area contributed by atoms with Crippen molar-refractivity contribution in [2.24, 2.45) is 0 Å². The highest BCUT2D eigenvalue weighted by Gasteiger charge is 2.17. The quantitative estimate of drug-likeness (QED) is 0.938. The Labute approximate surface area is 111 Å². The average Bonchev–Trinajstić information content (AvgIpc) is 2.72. The van der Waals surface area contributed by atoms with Gasteiger partial charge in [0.15, 0.2) is 0 Å². The largest absolute Gasteiger partial charge is 0.465 e. The third-order valence-electron chi connectivity index (χ3n) is 2.66. The van der Waals surface area contributed by atoms with Gasteiger partial charge in [-0.05, 0) is 49.7 Å². The van der Waals surface area contributed by atoms with Crippen LogP contribution in [0.3, 0.4) is 0 Å². The molecule has 4 nitrogen and oxygen atoms in total. The van der Waals surface area contributed by atoms with Crippen molar-refractivity contribution in [1.29, 1.82) is 0 Å². The van der Waals surface area contributed by atoms with E-state index in [1.54, 1.807) is 26.0 Å². The van der Waals surface area contributed by atoms with Crippen LogP contribution in [0.5, 0.6) is 0 Å². The Kier molecular flexibility index (Phi) is 3.73. The highest BCUT2D eigenvalue weighted by molar-refractivity contribution is 7.89. The summed E-state index contributed by atoms with van der Waals surface area (Å²) in [5.41, 5.74) is 0.364. The van der Waals surface area contributed by atoms with Crippen LogP contribution < -0.4 is 4.72 Å². The molecule has 1 aromatic heterocycles. The summed E-state index contributed by atoms with van der Waals surface area (Å²) < 4.78 is 44.8. The minimum absolute atomic E-state index is 0.0625. The van der Waals surface area contributed by atoms with Gasteiger partial charge in [-0.2, -0.15) is 0 Å². The normalized spacial score (nSPS) is 11.7. The fourth-order valence-corrected chi connectivity index (χ4v) is 2.96. The van der Waals surface area contributed by atoms with Gasteiger partial charge in [-0.25, -0.2) is 17.5 Å². The Hall–Kier alpha value is -1.66. The zero-order chi connectivity index (χ0) is 14.0. The Morgan fingerprint density at radius 2 is 1.95 bits per heavy atom. The predicted octanol–water partition coefficient (Wildman–Crippen LogP) is 2.51. The van der Waals surface area contributed by atoms with Crippen LogP contribution in [-0.2, 0) is 16.6 Å². The van der Waals surface area contributed by atoms with E-state index in [1.165, 1.54) is 12.1 Å². The molecule has 0 radical (unpaired) electrons. The molecule has 0 atom stereocenters. The number of hydrogen-bond donors (Lipinski definition) is 1. The highest BCUT2D eigenvalue weighted by Crippen LogP contribution is 2.16. The third-order valence-corrected chi connectivity index (χ3v) is 4.22. The molecular formula is C13H14FNO3S. The zero-order valence-electron chi connectivity index (χ0n) is 10.6. The lowest BCUT2D eigenvalue weighted by molar-refractivity contribution is 0.475. The molecule has 102 valence electrons. The standard InChI is InChI=1S/C13H14FNO3S/c1-9-7-11(14)4-6-13(9)19(16,17)15-8-12-5-3-10(2)18-12/h3-7,15H,8H2,1-2H3. The SMILES string of the molecule is Cc1ccc(CNS(=O)(=O)c2ccc(F)cc2C)o1. The summed E-state index contributed by atoms with van der Waals surface area (Å²) in [6.45, 7) is 3.39. The fraction of sp³-hybridized carbons (Fsp3) is 0.231. The van der Waals surface area contributed by atoms with Crippen molar-refractivity contribution in [1.82, 2.24) is 4.72 Å². The first-order chi connectivity index (χ1) is 8.88. The molecule has 0 aliphatic heterocycles. The van der Waals surface area contributed by atoms with Gasteiger partial charge in [0.1, 0.15) is 17.3 Å². The van der Waals surface area contributed by atoms with E-state index in [-0.39, 0.29) is 11.4 Å². The Balaban J connectivity index is 2.18. The Morgan fingerprint density at radius 3 is 2.53 bits per heavy atom. The average molecular weight is 283 g/mol. The summed E-state index contributed by atoms with van der Waals surface area (Å²) in [5, 5.41) is 0. The Bertz CT molecular complexity index is 692. The summed E-state index contributed by atoms with van der Waals surface area (Å²) in [7, 11) is -3.67. The molecule has 19 heavy (non-hydrogen) atoms. The maximum absolute atomic E-state index is 13.0. The van der Waals surface area contributed by atoms with Crippen LogP contribution in [0.1, 0.15) is 17.1 Å². The number of furan rings is 1. The molecule has 0 saturated carbocycles. The molecule has 0 amide bonds. The molecule has 1 N–H and O–H groups in total. The summed E-state index contributed by atoms with van der Waals surface area (Å²) in [6, 6.07) is 7.02. The maximum atomic E-state index is 13.0. The molecule has 2 aromatic rings. The van der Waals surface area contributed by atoms with Crippen LogP contribution in [-0.4, -0.2) is 8.42 Å². The van der Waals surface area contributed by atoms with E-state index < -0.39 is 15.8 Å². The molecule has 1 heterocycles. The minimum atomic E-state index is -3.67. The van der Waals surface area contributed by atoms with E-state index in [1.807, 2.05) is 0 Å². The lowest BCUT2D eigenvalue weighted by Gasteiger charge is -2.08. The molecule has 0 spiro atoms. The Morgan fingerprint density at radius 1 is 1.21 bits per heavy atom. The van der Waals surface area contributed by atoms with Gasteiger partial charge in [0.2, 0.25) is 10.0 Å². The maximum Gasteiger partial charge on any atom is 0.241 e. The van der Waals surface area contributed by atoms with Crippen molar-refractivity contribution >= 4 is 10.0 Å². The van der Waals surface area contributed by atoms with Crippen LogP contribution in [0.25, 0.3) is 0 Å². The summed E-state index contributed by atoms with van der Waals surface area (Å²) >= 11 is 0. The van der Waals surface area contributed by atoms with E-state index in [4.69, 9.17) is 4.42 Å². The van der Waals surface area contributed by atoms with Gasteiger partial charge in [0, 0.05) is 0 Å². The molecule has 2 rings (SSSR count). The number of halogens is 1. The number of sulfonamides is 1. The summed E-state index contributed by atoms with van der Waals surface area (Å²) in [6.07, 6.45) is 0. The first-order valence-electron chi connectivity index (χ1n) is 5.69. The van der Waals surface area contributed by atoms with E-state index in [0.717, 1.165) is 6.07 Å². The number of aryl methyl sites for hydroxylation is 2. The molecule has 0 aliphatic carbocycles. The van der Waals surface area contributed by atoms with Gasteiger partial charge in [0.25, 0.3) is 0 Å². The molecule has 0 bridgehead atoms. The van der Waals surface area contributed by atoms with Gasteiger partial charge in [-0.1, -0.05) is 0 Å². The van der Waals surface area contributed by atoms with E-state index >= 15 is 0 Å². The second kappa shape index (κ2) is 5.14. The predicted molar refractivity (Wildman–Crippen MR) is 68.6 cm³/mol. The van der Waals surface area contributed by atoms with Crippen LogP contribution in [0.15, 0.2) is 39.6 Å². The number of hydrogen-bond acceptors (Lipinski definition) is 3. The van der Waals surface area contributed by atoms with Crippen LogP contribution >= 0.6 is 0 Å². The van der Waals surface area contributed by atoms with Crippen molar-refractivity contribution in [3.8, 4) is 0 Å². The van der Waals surface area contributed by atoms with Crippen LogP contribution in [0.4, 0.5) is 4.39 Å². The molecular weight excluding hydrogens is 269 g/mol. The molecule has 0 saturated heterocycles. The van der Waals surface area contributed by atoms with Crippen molar-refractivity contribution in [2.45, 2.75) is 25.3 Å². The van der Waals surface area contributed by atoms with E-state index in [2.05, 4.69) is 4.72 Å².